The molecule has 0 aromatic heterocycles. The van der Waals surface area contributed by atoms with E-state index in [1.54, 1.807) is 0 Å². The van der Waals surface area contributed by atoms with Crippen LogP contribution in [0.5, 0.6) is 0 Å². The van der Waals surface area contributed by atoms with Gasteiger partial charge in [0.1, 0.15) is 0 Å². The summed E-state index contributed by atoms with van der Waals surface area (Å²) >= 11 is 0. The minimum absolute atomic E-state index is 0. The number of rotatable bonds is 20. The van der Waals surface area contributed by atoms with E-state index in [0.29, 0.717) is 0 Å². The van der Waals surface area contributed by atoms with Crippen LogP contribution in [0.2, 0.25) is 0 Å². The zero-order chi connectivity index (χ0) is 21.3. The van der Waals surface area contributed by atoms with Gasteiger partial charge in [0.2, 0.25) is 0 Å². The molecule has 6 heteroatoms. The van der Waals surface area contributed by atoms with Gasteiger partial charge < -0.3 is 19.8 Å². The average Bonchev–Trinajstić information content (AvgIpc) is 2.65. The Balaban J connectivity index is -0.000000211. The zero-order valence-electron chi connectivity index (χ0n) is 20.8. The van der Waals surface area contributed by atoms with Crippen molar-refractivity contribution in [3.8, 4) is 0 Å². The molecule has 0 aromatic carbocycles. The van der Waals surface area contributed by atoms with E-state index in [9.17, 15) is 19.8 Å². The van der Waals surface area contributed by atoms with Crippen molar-refractivity contribution in [2.24, 2.45) is 0 Å². The van der Waals surface area contributed by atoms with E-state index in [2.05, 4.69) is 13.8 Å². The van der Waals surface area contributed by atoms with Gasteiger partial charge in [-0.05, 0) is 25.7 Å². The minimum atomic E-state index is -0.909. The van der Waals surface area contributed by atoms with E-state index in [4.69, 9.17) is 0 Å². The summed E-state index contributed by atoms with van der Waals surface area (Å²) in [7, 11) is 0. The molecule has 30 heavy (non-hydrogen) atoms. The van der Waals surface area contributed by atoms with Gasteiger partial charge >= 0.3 is 80.9 Å². The average molecular weight is 461 g/mol. The Bertz CT molecular complexity index is 309. The summed E-state index contributed by atoms with van der Waals surface area (Å²) in [5, 5.41) is 20.2. The molecule has 0 amide bonds. The second kappa shape index (κ2) is 35.2. The Kier molecular flexibility index (Phi) is 45.5. The zero-order valence-corrected chi connectivity index (χ0v) is 25.9. The number of carboxylic acid groups (broad SMARTS) is 2. The maximum Gasteiger partial charge on any atom is 1.00 e. The van der Waals surface area contributed by atoms with Crippen LogP contribution in [0.3, 0.4) is 0 Å². The van der Waals surface area contributed by atoms with Crippen LogP contribution < -0.4 is 91.2 Å². The number of carbonyl (C=O) groups excluding carboxylic acids is 2. The quantitative estimate of drug-likeness (QED) is 0.178. The van der Waals surface area contributed by atoms with Gasteiger partial charge in [-0.15, -0.1) is 0 Å². The number of carboxylic acids is 2. The van der Waals surface area contributed by atoms with Crippen molar-refractivity contribution < 1.29 is 101 Å². The van der Waals surface area contributed by atoms with E-state index in [0.717, 1.165) is 25.7 Å². The number of aliphatic carboxylic acids is 2. The Morgan fingerprint density at radius 3 is 0.867 bits per heavy atom. The molecular weight excluding hydrogens is 414 g/mol. The van der Waals surface area contributed by atoms with Crippen LogP contribution in [0.4, 0.5) is 0 Å². The summed E-state index contributed by atoms with van der Waals surface area (Å²) in [6, 6.07) is 0. The molecule has 0 heterocycles. The third kappa shape index (κ3) is 43.5. The normalized spacial score (nSPS) is 9.67. The predicted molar refractivity (Wildman–Crippen MR) is 114 cm³/mol. The van der Waals surface area contributed by atoms with Crippen LogP contribution in [0.1, 0.15) is 142 Å². The van der Waals surface area contributed by atoms with Crippen molar-refractivity contribution in [2.75, 3.05) is 0 Å². The van der Waals surface area contributed by atoms with Crippen molar-refractivity contribution in [3.05, 3.63) is 0 Å². The first-order valence-corrected chi connectivity index (χ1v) is 11.9. The summed E-state index contributed by atoms with van der Waals surface area (Å²) in [5.41, 5.74) is 0. The van der Waals surface area contributed by atoms with Gasteiger partial charge in [0.05, 0.1) is 0 Å². The van der Waals surface area contributed by atoms with Gasteiger partial charge in [0.25, 0.3) is 0 Å². The molecule has 0 rings (SSSR count). The Morgan fingerprint density at radius 1 is 0.467 bits per heavy atom. The van der Waals surface area contributed by atoms with Crippen LogP contribution in [-0.4, -0.2) is 11.9 Å². The summed E-state index contributed by atoms with van der Waals surface area (Å²) in [5.74, 6) is -1.82. The predicted octanol–water partition coefficient (Wildman–Crippen LogP) is -0.678. The maximum atomic E-state index is 10.1. The largest absolute Gasteiger partial charge is 1.00 e. The minimum Gasteiger partial charge on any atom is -0.550 e. The first-order chi connectivity index (χ1) is 13.5. The molecule has 4 nitrogen and oxygen atoms in total. The van der Waals surface area contributed by atoms with Gasteiger partial charge in [0, 0.05) is 11.9 Å². The van der Waals surface area contributed by atoms with Gasteiger partial charge in [-0.25, -0.2) is 0 Å². The topological polar surface area (TPSA) is 80.3 Å². The van der Waals surface area contributed by atoms with Crippen molar-refractivity contribution >= 4 is 11.9 Å². The van der Waals surface area contributed by atoms with E-state index >= 15 is 0 Å². The first kappa shape index (κ1) is 38.8. The molecule has 0 fully saturated rings. The van der Waals surface area contributed by atoms with Gasteiger partial charge in [-0.3, -0.25) is 0 Å². The van der Waals surface area contributed by atoms with Gasteiger partial charge in [0.15, 0.2) is 0 Å². The molecule has 0 aliphatic carbocycles. The molecule has 0 unspecified atom stereocenters. The molecule has 0 saturated carbocycles. The Morgan fingerprint density at radius 2 is 0.667 bits per heavy atom. The standard InChI is InChI=1S/2C12H24O2.K.Na/c2*1-2-3-4-5-6-7-8-9-10-11-12(13)14;;/h2*2-11H2,1H3,(H,13,14);;/q;;2*+1/p-2. The summed E-state index contributed by atoms with van der Waals surface area (Å²) in [6.45, 7) is 4.44. The fourth-order valence-electron chi connectivity index (χ4n) is 3.16. The first-order valence-electron chi connectivity index (χ1n) is 11.9. The molecule has 0 radical (unpaired) electrons. The molecule has 0 bridgehead atoms. The second-order valence-corrected chi connectivity index (χ2v) is 7.90. The number of carbonyl (C=O) groups is 2. The smallest absolute Gasteiger partial charge is 0.550 e. The Labute approximate surface area is 251 Å². The molecule has 0 N–H and O–H groups in total. The molecule has 0 atom stereocenters. The number of hydrogen-bond donors (Lipinski definition) is 0. The molecule has 0 spiro atoms. The summed E-state index contributed by atoms with van der Waals surface area (Å²) in [4.78, 5) is 20.2. The molecule has 0 aliphatic rings. The summed E-state index contributed by atoms with van der Waals surface area (Å²) < 4.78 is 0. The fourth-order valence-corrected chi connectivity index (χ4v) is 3.16. The van der Waals surface area contributed by atoms with Crippen LogP contribution in [0.25, 0.3) is 0 Å². The molecule has 0 aliphatic heterocycles. The van der Waals surface area contributed by atoms with Gasteiger partial charge in [-0.1, -0.05) is 117 Å². The van der Waals surface area contributed by atoms with E-state index in [1.165, 1.54) is 89.9 Å². The second-order valence-electron chi connectivity index (χ2n) is 7.90. The Hall–Kier alpha value is 1.58. The molecule has 0 saturated heterocycles. The number of hydrogen-bond acceptors (Lipinski definition) is 4. The van der Waals surface area contributed by atoms with E-state index in [1.807, 2.05) is 0 Å². The SMILES string of the molecule is CCCCCCCCCCCC(=O)[O-].CCCCCCCCCCCC(=O)[O-].[K+].[Na+]. The van der Waals surface area contributed by atoms with Crippen LogP contribution in [-0.2, 0) is 9.59 Å². The van der Waals surface area contributed by atoms with E-state index in [-0.39, 0.29) is 93.8 Å². The van der Waals surface area contributed by atoms with Crippen LogP contribution in [0, 0.1) is 0 Å². The van der Waals surface area contributed by atoms with Gasteiger partial charge in [-0.2, -0.15) is 0 Å². The fraction of sp³-hybridized carbons (Fsp3) is 0.917. The van der Waals surface area contributed by atoms with Crippen molar-refractivity contribution in [2.45, 2.75) is 142 Å². The maximum absolute atomic E-state index is 10.1. The van der Waals surface area contributed by atoms with E-state index < -0.39 is 11.9 Å². The molecule has 0 aromatic rings. The van der Waals surface area contributed by atoms with Crippen molar-refractivity contribution in [1.29, 1.82) is 0 Å². The summed E-state index contributed by atoms with van der Waals surface area (Å²) in [6.07, 6.45) is 22.3. The third-order valence-corrected chi connectivity index (χ3v) is 4.97. The molecule has 168 valence electrons. The third-order valence-electron chi connectivity index (χ3n) is 4.97. The molecular formula is C24H46KNaO4. The van der Waals surface area contributed by atoms with Crippen molar-refractivity contribution in [1.82, 2.24) is 0 Å². The monoisotopic (exact) mass is 460 g/mol. The van der Waals surface area contributed by atoms with Crippen LogP contribution in [0.15, 0.2) is 0 Å². The van der Waals surface area contributed by atoms with Crippen LogP contribution >= 0.6 is 0 Å². The van der Waals surface area contributed by atoms with Crippen molar-refractivity contribution in [3.63, 3.8) is 0 Å². The number of unbranched alkanes of at least 4 members (excludes halogenated alkanes) is 16.